The Labute approximate surface area is 145 Å². The molecule has 1 heterocycles. The summed E-state index contributed by atoms with van der Waals surface area (Å²) >= 11 is 3.50. The van der Waals surface area contributed by atoms with Gasteiger partial charge in [-0.25, -0.2) is 0 Å². The molecule has 0 aromatic heterocycles. The smallest absolute Gasteiger partial charge is 0.243 e. The maximum absolute atomic E-state index is 12.3. The molecule has 0 bridgehead atoms. The molecule has 1 aliphatic rings. The number of rotatable bonds is 4. The van der Waals surface area contributed by atoms with Crippen molar-refractivity contribution in [3.05, 3.63) is 28.8 Å². The molecule has 0 spiro atoms. The molecule has 126 valence electrons. The third kappa shape index (κ3) is 4.54. The number of nitrogens with zero attached hydrogens (tertiary/aromatic N) is 1. The number of carbonyl (C=O) groups excluding carboxylic acids is 2. The molecule has 0 aliphatic carbocycles. The van der Waals surface area contributed by atoms with Crippen molar-refractivity contribution in [2.45, 2.75) is 38.1 Å². The number of aryl methyl sites for hydroxylation is 3. The van der Waals surface area contributed by atoms with E-state index in [1.54, 1.807) is 7.05 Å². The van der Waals surface area contributed by atoms with Gasteiger partial charge in [0.2, 0.25) is 11.8 Å². The molecule has 2 atom stereocenters. The van der Waals surface area contributed by atoms with Crippen LogP contribution in [0, 0.1) is 20.8 Å². The van der Waals surface area contributed by atoms with Crippen LogP contribution in [0.25, 0.3) is 0 Å². The number of nitrogens with one attached hydrogen (secondary N) is 2. The zero-order valence-electron chi connectivity index (χ0n) is 14.1. The Morgan fingerprint density at radius 1 is 1.30 bits per heavy atom. The standard InChI is InChI=1S/C17H24BrN3O2/c1-10-5-11(2)16(12(3)6-10)20-15(22)9-21(4)17(23)14-7-13(18)8-19-14/h5-6,13-14,19H,7-9H2,1-4H3,(H,20,22). The quantitative estimate of drug-likeness (QED) is 0.785. The van der Waals surface area contributed by atoms with Crippen molar-refractivity contribution in [3.8, 4) is 0 Å². The van der Waals surface area contributed by atoms with E-state index in [1.165, 1.54) is 10.5 Å². The maximum Gasteiger partial charge on any atom is 0.243 e. The number of anilines is 1. The SMILES string of the molecule is Cc1cc(C)c(NC(=O)CN(C)C(=O)C2CC(Br)CN2)c(C)c1. The highest BCUT2D eigenvalue weighted by Crippen LogP contribution is 2.22. The van der Waals surface area contributed by atoms with Crippen LogP contribution in [0.5, 0.6) is 0 Å². The van der Waals surface area contributed by atoms with Crippen LogP contribution < -0.4 is 10.6 Å². The first-order chi connectivity index (χ1) is 10.8. The van der Waals surface area contributed by atoms with Crippen molar-refractivity contribution in [2.24, 2.45) is 0 Å². The molecule has 1 saturated heterocycles. The maximum atomic E-state index is 12.3. The number of alkyl halides is 1. The molecule has 2 amide bonds. The first-order valence-corrected chi connectivity index (χ1v) is 8.69. The van der Waals surface area contributed by atoms with Gasteiger partial charge in [-0.15, -0.1) is 0 Å². The minimum Gasteiger partial charge on any atom is -0.335 e. The normalized spacial score (nSPS) is 20.4. The monoisotopic (exact) mass is 381 g/mol. The molecule has 1 fully saturated rings. The molecule has 2 rings (SSSR count). The zero-order chi connectivity index (χ0) is 17.1. The van der Waals surface area contributed by atoms with Gasteiger partial charge in [0.05, 0.1) is 12.6 Å². The highest BCUT2D eigenvalue weighted by molar-refractivity contribution is 9.09. The first kappa shape index (κ1) is 17.9. The van der Waals surface area contributed by atoms with E-state index in [1.807, 2.05) is 32.9 Å². The van der Waals surface area contributed by atoms with E-state index in [-0.39, 0.29) is 24.4 Å². The molecule has 5 nitrogen and oxygen atoms in total. The molecule has 0 saturated carbocycles. The topological polar surface area (TPSA) is 61.4 Å². The minimum atomic E-state index is -0.208. The van der Waals surface area contributed by atoms with Crippen LogP contribution in [0.2, 0.25) is 0 Å². The van der Waals surface area contributed by atoms with Gasteiger partial charge in [0, 0.05) is 24.1 Å². The predicted molar refractivity (Wildman–Crippen MR) is 96.0 cm³/mol. The van der Waals surface area contributed by atoms with Gasteiger partial charge >= 0.3 is 0 Å². The van der Waals surface area contributed by atoms with Gasteiger partial charge in [-0.3, -0.25) is 9.59 Å². The second kappa shape index (κ2) is 7.45. The van der Waals surface area contributed by atoms with Crippen LogP contribution in [0.4, 0.5) is 5.69 Å². The molecule has 2 unspecified atom stereocenters. The molecule has 6 heteroatoms. The van der Waals surface area contributed by atoms with Gasteiger partial charge in [-0.1, -0.05) is 33.6 Å². The number of hydrogen-bond donors (Lipinski definition) is 2. The van der Waals surface area contributed by atoms with E-state index in [2.05, 4.69) is 26.6 Å². The lowest BCUT2D eigenvalue weighted by molar-refractivity contribution is -0.134. The van der Waals surface area contributed by atoms with Crippen molar-refractivity contribution in [1.82, 2.24) is 10.2 Å². The Morgan fingerprint density at radius 3 is 2.43 bits per heavy atom. The largest absolute Gasteiger partial charge is 0.335 e. The summed E-state index contributed by atoms with van der Waals surface area (Å²) in [6.07, 6.45) is 0.751. The van der Waals surface area contributed by atoms with Gasteiger partial charge in [0.1, 0.15) is 0 Å². The summed E-state index contributed by atoms with van der Waals surface area (Å²) in [7, 11) is 1.67. The summed E-state index contributed by atoms with van der Waals surface area (Å²) in [5, 5.41) is 6.09. The average molecular weight is 382 g/mol. The lowest BCUT2D eigenvalue weighted by Crippen LogP contribution is -2.44. The van der Waals surface area contributed by atoms with E-state index in [0.717, 1.165) is 29.8 Å². The molecule has 1 aromatic carbocycles. The zero-order valence-corrected chi connectivity index (χ0v) is 15.7. The summed E-state index contributed by atoms with van der Waals surface area (Å²) in [5.41, 5.74) is 4.07. The Balaban J connectivity index is 1.95. The Hall–Kier alpha value is -1.40. The molecular weight excluding hydrogens is 358 g/mol. The third-order valence-electron chi connectivity index (χ3n) is 4.07. The van der Waals surface area contributed by atoms with Crippen LogP contribution >= 0.6 is 15.9 Å². The molecule has 2 N–H and O–H groups in total. The van der Waals surface area contributed by atoms with Crippen LogP contribution in [-0.4, -0.2) is 47.7 Å². The highest BCUT2D eigenvalue weighted by Gasteiger charge is 2.30. The Kier molecular flexibility index (Phi) is 5.81. The fourth-order valence-electron chi connectivity index (χ4n) is 3.00. The second-order valence-corrected chi connectivity index (χ2v) is 7.60. The molecular formula is C17H24BrN3O2. The third-order valence-corrected chi connectivity index (χ3v) is 4.77. The van der Waals surface area contributed by atoms with E-state index in [0.29, 0.717) is 4.83 Å². The first-order valence-electron chi connectivity index (χ1n) is 7.78. The fourth-order valence-corrected chi connectivity index (χ4v) is 3.56. The van der Waals surface area contributed by atoms with E-state index < -0.39 is 0 Å². The van der Waals surface area contributed by atoms with Crippen LogP contribution in [0.1, 0.15) is 23.1 Å². The number of benzene rings is 1. The van der Waals surface area contributed by atoms with Crippen molar-refractivity contribution < 1.29 is 9.59 Å². The average Bonchev–Trinajstić information content (AvgIpc) is 2.88. The van der Waals surface area contributed by atoms with E-state index in [9.17, 15) is 9.59 Å². The summed E-state index contributed by atoms with van der Waals surface area (Å²) in [6.45, 7) is 6.81. The Morgan fingerprint density at radius 2 is 1.91 bits per heavy atom. The number of carbonyl (C=O) groups is 2. The van der Waals surface area contributed by atoms with Gasteiger partial charge in [-0.05, 0) is 38.3 Å². The number of amides is 2. The molecule has 0 radical (unpaired) electrons. The molecule has 1 aromatic rings. The van der Waals surface area contributed by atoms with E-state index >= 15 is 0 Å². The summed E-state index contributed by atoms with van der Waals surface area (Å²) in [6, 6.07) is 3.87. The summed E-state index contributed by atoms with van der Waals surface area (Å²) < 4.78 is 0. The molecule has 1 aliphatic heterocycles. The molecule has 23 heavy (non-hydrogen) atoms. The van der Waals surface area contributed by atoms with E-state index in [4.69, 9.17) is 0 Å². The lowest BCUT2D eigenvalue weighted by atomic mass is 10.1. The predicted octanol–water partition coefficient (Wildman–Crippen LogP) is 2.13. The number of hydrogen-bond acceptors (Lipinski definition) is 3. The number of halogens is 1. The van der Waals surface area contributed by atoms with Crippen LogP contribution in [-0.2, 0) is 9.59 Å². The van der Waals surface area contributed by atoms with Crippen molar-refractivity contribution in [3.63, 3.8) is 0 Å². The highest BCUT2D eigenvalue weighted by atomic mass is 79.9. The van der Waals surface area contributed by atoms with Crippen LogP contribution in [0.15, 0.2) is 12.1 Å². The summed E-state index contributed by atoms with van der Waals surface area (Å²) in [5.74, 6) is -0.219. The van der Waals surface area contributed by atoms with Crippen LogP contribution in [0.3, 0.4) is 0 Å². The van der Waals surface area contributed by atoms with Gasteiger partial charge in [-0.2, -0.15) is 0 Å². The van der Waals surface area contributed by atoms with Gasteiger partial charge in [0.15, 0.2) is 0 Å². The van der Waals surface area contributed by atoms with Gasteiger partial charge < -0.3 is 15.5 Å². The van der Waals surface area contributed by atoms with Crippen molar-refractivity contribution in [2.75, 3.05) is 25.5 Å². The van der Waals surface area contributed by atoms with Crippen molar-refractivity contribution >= 4 is 33.4 Å². The summed E-state index contributed by atoms with van der Waals surface area (Å²) in [4.78, 5) is 26.4. The number of likely N-dealkylation sites (N-methyl/N-ethyl adjacent to an activating group) is 1. The second-order valence-electron chi connectivity index (χ2n) is 6.31. The lowest BCUT2D eigenvalue weighted by Gasteiger charge is -2.21. The van der Waals surface area contributed by atoms with Crippen molar-refractivity contribution in [1.29, 1.82) is 0 Å². The Bertz CT molecular complexity index is 595. The minimum absolute atomic E-state index is 0.0422. The fraction of sp³-hybridized carbons (Fsp3) is 0.529. The van der Waals surface area contributed by atoms with Gasteiger partial charge in [0.25, 0.3) is 0 Å².